The predicted octanol–water partition coefficient (Wildman–Crippen LogP) is 3.62. The van der Waals surface area contributed by atoms with Gasteiger partial charge in [0.1, 0.15) is 0 Å². The van der Waals surface area contributed by atoms with Crippen molar-refractivity contribution in [2.45, 2.75) is 48.0 Å². The van der Waals surface area contributed by atoms with Crippen LogP contribution in [0.3, 0.4) is 0 Å². The Bertz CT molecular complexity index is 654. The fourth-order valence-electron chi connectivity index (χ4n) is 3.09. The van der Waals surface area contributed by atoms with Crippen molar-refractivity contribution >= 4 is 23.2 Å². The lowest BCUT2D eigenvalue weighted by Gasteiger charge is -2.07. The number of nitrogens with one attached hydrogen (secondary N) is 2. The van der Waals surface area contributed by atoms with E-state index < -0.39 is 0 Å². The Morgan fingerprint density at radius 2 is 1.96 bits per heavy atom. The van der Waals surface area contributed by atoms with Gasteiger partial charge in [0.05, 0.1) is 10.8 Å². The number of hydrogen-bond acceptors (Lipinski definition) is 3. The van der Waals surface area contributed by atoms with Gasteiger partial charge < -0.3 is 0 Å². The monoisotopic (exact) mass is 334 g/mol. The van der Waals surface area contributed by atoms with Gasteiger partial charge in [-0.05, 0) is 50.2 Å². The second-order valence-corrected chi connectivity index (χ2v) is 8.22. The lowest BCUT2D eigenvalue weighted by atomic mass is 10.1. The van der Waals surface area contributed by atoms with Gasteiger partial charge in [0.25, 0.3) is 5.91 Å². The van der Waals surface area contributed by atoms with Gasteiger partial charge in [0, 0.05) is 4.88 Å². The van der Waals surface area contributed by atoms with Crippen LogP contribution in [0.25, 0.3) is 0 Å². The highest BCUT2D eigenvalue weighted by Gasteiger charge is 2.60. The first kappa shape index (κ1) is 17.7. The quantitative estimate of drug-likeness (QED) is 0.653. The predicted molar refractivity (Wildman–Crippen MR) is 94.2 cm³/mol. The zero-order valence-corrected chi connectivity index (χ0v) is 15.6. The molecule has 1 saturated carbocycles. The van der Waals surface area contributed by atoms with E-state index in [4.69, 9.17) is 0 Å². The van der Waals surface area contributed by atoms with Crippen molar-refractivity contribution < 1.29 is 9.59 Å². The number of carbonyl (C=O) groups excluding carboxylic acids is 2. The van der Waals surface area contributed by atoms with E-state index >= 15 is 0 Å². The molecule has 2 rings (SSSR count). The van der Waals surface area contributed by atoms with Crippen LogP contribution < -0.4 is 10.9 Å². The average molecular weight is 334 g/mol. The Morgan fingerprint density at radius 1 is 1.30 bits per heavy atom. The summed E-state index contributed by atoms with van der Waals surface area (Å²) in [6.07, 6.45) is 3.05. The highest BCUT2D eigenvalue weighted by atomic mass is 32.1. The number of thiophene rings is 1. The lowest BCUT2D eigenvalue weighted by Crippen LogP contribution is -2.42. The van der Waals surface area contributed by atoms with Gasteiger partial charge in [-0.3, -0.25) is 20.4 Å². The van der Waals surface area contributed by atoms with Crippen LogP contribution in [0.2, 0.25) is 0 Å². The van der Waals surface area contributed by atoms with E-state index in [1.165, 1.54) is 21.8 Å². The van der Waals surface area contributed by atoms with Gasteiger partial charge in [-0.1, -0.05) is 32.4 Å². The van der Waals surface area contributed by atoms with E-state index in [0.717, 1.165) is 12.0 Å². The lowest BCUT2D eigenvalue weighted by molar-refractivity contribution is -0.123. The summed E-state index contributed by atoms with van der Waals surface area (Å²) >= 11 is 1.48. The molecule has 0 bridgehead atoms. The van der Waals surface area contributed by atoms with Gasteiger partial charge in [0.2, 0.25) is 5.91 Å². The van der Waals surface area contributed by atoms with E-state index in [1.54, 1.807) is 0 Å². The van der Waals surface area contributed by atoms with Crippen molar-refractivity contribution in [3.63, 3.8) is 0 Å². The minimum absolute atomic E-state index is 0.0546. The van der Waals surface area contributed by atoms with E-state index in [9.17, 15) is 9.59 Å². The first-order valence-electron chi connectivity index (χ1n) is 8.03. The van der Waals surface area contributed by atoms with Crippen molar-refractivity contribution in [1.82, 2.24) is 10.9 Å². The summed E-state index contributed by atoms with van der Waals surface area (Å²) in [5.41, 5.74) is 7.42. The molecule has 2 atom stereocenters. The van der Waals surface area contributed by atoms with Crippen molar-refractivity contribution in [3.05, 3.63) is 33.0 Å². The molecule has 1 aromatic heterocycles. The number of carbonyl (C=O) groups is 2. The average Bonchev–Trinajstić information content (AvgIpc) is 2.81. The summed E-state index contributed by atoms with van der Waals surface area (Å²) in [7, 11) is 0. The van der Waals surface area contributed by atoms with Gasteiger partial charge in [0.15, 0.2) is 0 Å². The molecule has 2 unspecified atom stereocenters. The molecule has 1 aliphatic rings. The Balaban J connectivity index is 1.94. The van der Waals surface area contributed by atoms with Crippen LogP contribution in [-0.4, -0.2) is 11.8 Å². The molecule has 5 heteroatoms. The molecule has 0 aromatic carbocycles. The van der Waals surface area contributed by atoms with Crippen LogP contribution in [0, 0.1) is 24.2 Å². The summed E-state index contributed by atoms with van der Waals surface area (Å²) < 4.78 is 0. The molecule has 1 aromatic rings. The highest BCUT2D eigenvalue weighted by molar-refractivity contribution is 7.14. The Labute approximate surface area is 142 Å². The third-order valence-corrected chi connectivity index (χ3v) is 5.95. The van der Waals surface area contributed by atoms with Crippen LogP contribution in [0.15, 0.2) is 17.7 Å². The van der Waals surface area contributed by atoms with Crippen molar-refractivity contribution in [2.75, 3.05) is 0 Å². The molecular formula is C18H26N2O2S. The summed E-state index contributed by atoms with van der Waals surface area (Å²) in [5, 5.41) is 0. The van der Waals surface area contributed by atoms with E-state index in [-0.39, 0.29) is 29.1 Å². The highest BCUT2D eigenvalue weighted by Crippen LogP contribution is 2.59. The third-order valence-electron chi connectivity index (χ3n) is 4.57. The smallest absolute Gasteiger partial charge is 0.273 e. The maximum absolute atomic E-state index is 12.3. The van der Waals surface area contributed by atoms with Gasteiger partial charge in [-0.15, -0.1) is 11.3 Å². The maximum atomic E-state index is 12.3. The van der Waals surface area contributed by atoms with Gasteiger partial charge in [-0.2, -0.15) is 0 Å². The third kappa shape index (κ3) is 3.66. The number of hydrazine groups is 1. The maximum Gasteiger partial charge on any atom is 0.279 e. The molecule has 1 heterocycles. The van der Waals surface area contributed by atoms with Gasteiger partial charge in [-0.25, -0.2) is 0 Å². The molecular weight excluding hydrogens is 308 g/mol. The minimum atomic E-state index is -0.247. The largest absolute Gasteiger partial charge is 0.279 e. The Kier molecular flexibility index (Phi) is 4.99. The molecule has 23 heavy (non-hydrogen) atoms. The van der Waals surface area contributed by atoms with Crippen LogP contribution in [0.1, 0.15) is 54.7 Å². The zero-order valence-electron chi connectivity index (χ0n) is 14.7. The summed E-state index contributed by atoms with van der Waals surface area (Å²) in [5.74, 6) is -0.215. The zero-order chi connectivity index (χ0) is 17.4. The number of allylic oxidation sites excluding steroid dienone is 2. The van der Waals surface area contributed by atoms with Crippen molar-refractivity contribution in [3.8, 4) is 0 Å². The Morgan fingerprint density at radius 3 is 2.48 bits per heavy atom. The second kappa shape index (κ2) is 6.48. The number of amides is 2. The van der Waals surface area contributed by atoms with Crippen molar-refractivity contribution in [2.24, 2.45) is 17.3 Å². The van der Waals surface area contributed by atoms with E-state index in [1.807, 2.05) is 26.8 Å². The molecule has 0 saturated heterocycles. The van der Waals surface area contributed by atoms with E-state index in [2.05, 4.69) is 37.7 Å². The first-order chi connectivity index (χ1) is 10.7. The molecule has 0 spiro atoms. The summed E-state index contributed by atoms with van der Waals surface area (Å²) in [6, 6.07) is 1.87. The second-order valence-electron chi connectivity index (χ2n) is 7.08. The molecule has 4 nitrogen and oxygen atoms in total. The van der Waals surface area contributed by atoms with Crippen LogP contribution in [0.4, 0.5) is 0 Å². The number of rotatable bonds is 4. The minimum Gasteiger partial charge on any atom is -0.273 e. The topological polar surface area (TPSA) is 58.2 Å². The molecule has 1 fully saturated rings. The number of hydrogen-bond donors (Lipinski definition) is 2. The van der Waals surface area contributed by atoms with Crippen LogP contribution in [0.5, 0.6) is 0 Å². The van der Waals surface area contributed by atoms with Gasteiger partial charge >= 0.3 is 0 Å². The Hall–Kier alpha value is -1.62. The van der Waals surface area contributed by atoms with Crippen LogP contribution in [-0.2, 0) is 11.2 Å². The SMILES string of the molecule is CCc1sc(C(=O)NNC(=O)C2C(C=C(C)C)C2(C)C)cc1C. The molecule has 0 aliphatic heterocycles. The van der Waals surface area contributed by atoms with Crippen molar-refractivity contribution in [1.29, 1.82) is 0 Å². The molecule has 0 radical (unpaired) electrons. The fraction of sp³-hybridized carbons (Fsp3) is 0.556. The molecule has 2 amide bonds. The van der Waals surface area contributed by atoms with E-state index in [0.29, 0.717) is 4.88 Å². The molecule has 1 aliphatic carbocycles. The number of aryl methyl sites for hydroxylation is 2. The summed E-state index contributed by atoms with van der Waals surface area (Å²) in [6.45, 7) is 12.3. The summed E-state index contributed by atoms with van der Waals surface area (Å²) in [4.78, 5) is 26.3. The van der Waals surface area contributed by atoms with Crippen LogP contribution >= 0.6 is 11.3 Å². The molecule has 126 valence electrons. The fourth-order valence-corrected chi connectivity index (χ4v) is 4.10. The molecule has 2 N–H and O–H groups in total. The standard InChI is InChI=1S/C18H26N2O2S/c1-7-13-11(4)9-14(23-13)16(21)19-20-17(22)15-12(8-10(2)3)18(15,5)6/h8-9,12,15H,7H2,1-6H3,(H,19,21)(H,20,22). The normalized spacial score (nSPS) is 21.5. The first-order valence-corrected chi connectivity index (χ1v) is 8.84.